The molecule has 1 saturated heterocycles. The van der Waals surface area contributed by atoms with Gasteiger partial charge in [-0.3, -0.25) is 9.59 Å². The van der Waals surface area contributed by atoms with Crippen LogP contribution in [-0.2, 0) is 16.0 Å². The van der Waals surface area contributed by atoms with E-state index in [4.69, 9.17) is 15.2 Å². The fraction of sp³-hybridized carbons (Fsp3) is 0.375. The molecule has 2 heterocycles. The van der Waals surface area contributed by atoms with Gasteiger partial charge in [-0.15, -0.1) is 0 Å². The summed E-state index contributed by atoms with van der Waals surface area (Å²) < 4.78 is 24.3. The Bertz CT molecular complexity index is 1080. The Morgan fingerprint density at radius 2 is 1.94 bits per heavy atom. The van der Waals surface area contributed by atoms with Crippen LogP contribution in [0, 0.1) is 17.1 Å². The number of carbonyl (C=O) groups excluding carboxylic acids is 2. The van der Waals surface area contributed by atoms with Crippen molar-refractivity contribution < 1.29 is 23.5 Å². The average molecular weight is 452 g/mol. The maximum atomic E-state index is 13.3. The van der Waals surface area contributed by atoms with Crippen LogP contribution < -0.4 is 20.7 Å². The van der Waals surface area contributed by atoms with Gasteiger partial charge < -0.3 is 25.4 Å². The van der Waals surface area contributed by atoms with E-state index in [1.807, 2.05) is 0 Å². The first kappa shape index (κ1) is 22.7. The maximum Gasteiger partial charge on any atom is 0.262 e. The predicted octanol–water partition coefficient (Wildman–Crippen LogP) is 1.92. The number of nitrogens with one attached hydrogen (secondary N) is 1. The van der Waals surface area contributed by atoms with Gasteiger partial charge in [0.1, 0.15) is 24.2 Å². The summed E-state index contributed by atoms with van der Waals surface area (Å²) in [5.74, 6) is -0.590. The Morgan fingerprint density at radius 1 is 1.21 bits per heavy atom. The molecule has 0 unspecified atom stereocenters. The van der Waals surface area contributed by atoms with Crippen LogP contribution in [0.1, 0.15) is 28.8 Å². The van der Waals surface area contributed by atoms with Crippen LogP contribution in [0.3, 0.4) is 0 Å². The minimum absolute atomic E-state index is 0.237. The Kier molecular flexibility index (Phi) is 6.58. The average Bonchev–Trinajstić information content (AvgIpc) is 2.98. The molecule has 2 aromatic rings. The Balaban J connectivity index is 1.48. The summed E-state index contributed by atoms with van der Waals surface area (Å²) in [6, 6.07) is 12.1. The van der Waals surface area contributed by atoms with Crippen LogP contribution in [0.25, 0.3) is 0 Å². The van der Waals surface area contributed by atoms with E-state index in [9.17, 15) is 19.2 Å². The van der Waals surface area contributed by atoms with Crippen molar-refractivity contribution in [3.8, 4) is 11.8 Å². The lowest BCUT2D eigenvalue weighted by Gasteiger charge is -2.32. The summed E-state index contributed by atoms with van der Waals surface area (Å²) in [6.07, 6.45) is 1.04. The third-order valence-electron chi connectivity index (χ3n) is 5.97. The van der Waals surface area contributed by atoms with Crippen LogP contribution in [0.5, 0.6) is 5.75 Å². The van der Waals surface area contributed by atoms with E-state index in [-0.39, 0.29) is 30.7 Å². The number of hydrogen-bond donors (Lipinski definition) is 2. The molecule has 0 spiro atoms. The number of nitrogens with two attached hydrogens (primary N) is 1. The van der Waals surface area contributed by atoms with Gasteiger partial charge in [0.25, 0.3) is 5.91 Å². The van der Waals surface area contributed by atoms with Crippen molar-refractivity contribution in [2.45, 2.75) is 30.8 Å². The van der Waals surface area contributed by atoms with E-state index >= 15 is 0 Å². The highest BCUT2D eigenvalue weighted by molar-refractivity contribution is 6.08. The lowest BCUT2D eigenvalue weighted by Crippen LogP contribution is -2.58. The fourth-order valence-electron chi connectivity index (χ4n) is 3.98. The van der Waals surface area contributed by atoms with Gasteiger partial charge in [0.2, 0.25) is 5.91 Å². The molecule has 4 rings (SSSR count). The third kappa shape index (κ3) is 4.97. The van der Waals surface area contributed by atoms with Gasteiger partial charge in [0.05, 0.1) is 23.7 Å². The lowest BCUT2D eigenvalue weighted by atomic mass is 9.90. The predicted molar refractivity (Wildman–Crippen MR) is 118 cm³/mol. The number of hydrogen-bond acceptors (Lipinski definition) is 6. The SMILES string of the molecule is N#C[C@H](Cc1ccc2c(c1)OCCN(c1ccc(F)cc1)C2=O)NC(=O)C1(N)CCOCC1. The molecule has 2 aliphatic rings. The minimum Gasteiger partial charge on any atom is -0.491 e. The highest BCUT2D eigenvalue weighted by atomic mass is 19.1. The van der Waals surface area contributed by atoms with E-state index in [1.54, 1.807) is 30.3 Å². The molecule has 2 amide bonds. The minimum atomic E-state index is -1.04. The second-order valence-corrected chi connectivity index (χ2v) is 8.24. The van der Waals surface area contributed by atoms with E-state index in [0.29, 0.717) is 49.6 Å². The van der Waals surface area contributed by atoms with E-state index in [0.717, 1.165) is 5.56 Å². The van der Waals surface area contributed by atoms with E-state index in [2.05, 4.69) is 11.4 Å². The van der Waals surface area contributed by atoms with Gasteiger partial charge in [-0.1, -0.05) is 6.07 Å². The molecular formula is C24H25FN4O4. The standard InChI is InChI=1S/C24H25FN4O4/c25-17-2-4-19(5-3-17)29-9-12-33-21-14-16(1-6-20(21)22(29)30)13-18(15-26)28-23(31)24(27)7-10-32-11-8-24/h1-6,14,18H,7-13,27H2,(H,28,31)/t18-/m0/s1. The lowest BCUT2D eigenvalue weighted by molar-refractivity contribution is -0.130. The number of nitrogens with zero attached hydrogens (tertiary/aromatic N) is 2. The topological polar surface area (TPSA) is 118 Å². The van der Waals surface area contributed by atoms with Gasteiger partial charge in [-0.25, -0.2) is 4.39 Å². The van der Waals surface area contributed by atoms with E-state index < -0.39 is 11.6 Å². The van der Waals surface area contributed by atoms with Crippen molar-refractivity contribution >= 4 is 17.5 Å². The van der Waals surface area contributed by atoms with Gasteiger partial charge in [-0.2, -0.15) is 5.26 Å². The van der Waals surface area contributed by atoms with Gasteiger partial charge >= 0.3 is 0 Å². The fourth-order valence-corrected chi connectivity index (χ4v) is 3.98. The highest BCUT2D eigenvalue weighted by Gasteiger charge is 2.37. The number of nitriles is 1. The zero-order valence-corrected chi connectivity index (χ0v) is 18.1. The van der Waals surface area contributed by atoms with Crippen LogP contribution in [0.15, 0.2) is 42.5 Å². The number of anilines is 1. The molecule has 172 valence electrons. The summed E-state index contributed by atoms with van der Waals surface area (Å²) in [4.78, 5) is 27.3. The zero-order valence-electron chi connectivity index (χ0n) is 18.1. The van der Waals surface area contributed by atoms with Crippen LogP contribution >= 0.6 is 0 Å². The molecular weight excluding hydrogens is 427 g/mol. The number of amides is 2. The zero-order chi connectivity index (χ0) is 23.4. The summed E-state index contributed by atoms with van der Waals surface area (Å²) in [7, 11) is 0. The number of rotatable bonds is 5. The van der Waals surface area contributed by atoms with Gasteiger partial charge in [0.15, 0.2) is 0 Å². The second kappa shape index (κ2) is 9.57. The molecule has 1 fully saturated rings. The number of benzene rings is 2. The largest absolute Gasteiger partial charge is 0.491 e. The maximum absolute atomic E-state index is 13.3. The molecule has 1 atom stereocenters. The Hall–Kier alpha value is -3.48. The smallest absolute Gasteiger partial charge is 0.262 e. The van der Waals surface area contributed by atoms with E-state index in [1.165, 1.54) is 17.0 Å². The third-order valence-corrected chi connectivity index (χ3v) is 5.97. The molecule has 2 aromatic carbocycles. The summed E-state index contributed by atoms with van der Waals surface area (Å²) in [5.41, 5.74) is 6.86. The van der Waals surface area contributed by atoms with Crippen molar-refractivity contribution in [2.75, 3.05) is 31.3 Å². The molecule has 0 aliphatic carbocycles. The summed E-state index contributed by atoms with van der Waals surface area (Å²) in [5, 5.41) is 12.3. The quantitative estimate of drug-likeness (QED) is 0.716. The molecule has 9 heteroatoms. The Labute approximate surface area is 191 Å². The Morgan fingerprint density at radius 3 is 2.64 bits per heavy atom. The molecule has 0 radical (unpaired) electrons. The normalized spacial score (nSPS) is 18.3. The molecule has 0 aromatic heterocycles. The summed E-state index contributed by atoms with van der Waals surface area (Å²) >= 11 is 0. The van der Waals surface area contributed by atoms with Crippen molar-refractivity contribution in [3.63, 3.8) is 0 Å². The highest BCUT2D eigenvalue weighted by Crippen LogP contribution is 2.28. The molecule has 0 bridgehead atoms. The van der Waals surface area contributed by atoms with Crippen molar-refractivity contribution in [2.24, 2.45) is 5.73 Å². The van der Waals surface area contributed by atoms with Crippen molar-refractivity contribution in [1.29, 1.82) is 5.26 Å². The van der Waals surface area contributed by atoms with Gasteiger partial charge in [0, 0.05) is 25.3 Å². The number of fused-ring (bicyclic) bond motifs is 1. The summed E-state index contributed by atoms with van der Waals surface area (Å²) in [6.45, 7) is 1.39. The first-order valence-electron chi connectivity index (χ1n) is 10.8. The number of halogens is 1. The first-order valence-corrected chi connectivity index (χ1v) is 10.8. The number of carbonyl (C=O) groups is 2. The molecule has 0 saturated carbocycles. The molecule has 33 heavy (non-hydrogen) atoms. The second-order valence-electron chi connectivity index (χ2n) is 8.24. The number of ether oxygens (including phenoxy) is 2. The monoisotopic (exact) mass is 452 g/mol. The van der Waals surface area contributed by atoms with Crippen molar-refractivity contribution in [1.82, 2.24) is 5.32 Å². The molecule has 3 N–H and O–H groups in total. The van der Waals surface area contributed by atoms with Crippen molar-refractivity contribution in [3.05, 3.63) is 59.4 Å². The molecule has 2 aliphatic heterocycles. The van der Waals surface area contributed by atoms with Crippen LogP contribution in [0.2, 0.25) is 0 Å². The molecule has 8 nitrogen and oxygen atoms in total. The van der Waals surface area contributed by atoms with Gasteiger partial charge in [-0.05, 0) is 54.8 Å². The first-order chi connectivity index (χ1) is 15.9. The van der Waals surface area contributed by atoms with Crippen LogP contribution in [-0.4, -0.2) is 49.8 Å². The van der Waals surface area contributed by atoms with Crippen LogP contribution in [0.4, 0.5) is 10.1 Å².